The Kier molecular flexibility index (Phi) is 7.42. The van der Waals surface area contributed by atoms with Crippen molar-refractivity contribution in [1.29, 1.82) is 0 Å². The average Bonchev–Trinajstić information content (AvgIpc) is 3.40. The van der Waals surface area contributed by atoms with Crippen molar-refractivity contribution in [3.05, 3.63) is 106 Å². The van der Waals surface area contributed by atoms with Crippen LogP contribution >= 0.6 is 0 Å². The number of carbonyl (C=O) groups is 2. The second-order valence-corrected chi connectivity index (χ2v) is 10.1. The van der Waals surface area contributed by atoms with Gasteiger partial charge in [0.05, 0.1) is 28.9 Å². The summed E-state index contributed by atoms with van der Waals surface area (Å²) in [6.45, 7) is 2.14. The van der Waals surface area contributed by atoms with E-state index in [1.54, 1.807) is 61.4 Å². The average molecular weight is 541 g/mol. The van der Waals surface area contributed by atoms with Gasteiger partial charge in [-0.05, 0) is 35.9 Å². The van der Waals surface area contributed by atoms with Gasteiger partial charge in [-0.25, -0.2) is 4.68 Å². The first-order chi connectivity index (χ1) is 19.3. The van der Waals surface area contributed by atoms with Crippen molar-refractivity contribution >= 4 is 28.4 Å². The molecule has 2 atom stereocenters. The highest BCUT2D eigenvalue weighted by molar-refractivity contribution is 6.07. The number of benzene rings is 3. The minimum atomic E-state index is -1.88. The number of nitrogens with zero attached hydrogens (tertiary/aromatic N) is 3. The summed E-state index contributed by atoms with van der Waals surface area (Å²) in [5, 5.41) is 24.9. The maximum atomic E-state index is 13.3. The van der Waals surface area contributed by atoms with Gasteiger partial charge >= 0.3 is 0 Å². The molecule has 1 aliphatic heterocycles. The maximum absolute atomic E-state index is 13.3. The molecule has 0 spiro atoms. The number of likely N-dealkylation sites (N-methyl/N-ethyl adjacent to an activating group) is 1. The normalized spacial score (nSPS) is 17.5. The van der Waals surface area contributed by atoms with Crippen molar-refractivity contribution < 1.29 is 19.8 Å². The monoisotopic (exact) mass is 540 g/mol. The summed E-state index contributed by atoms with van der Waals surface area (Å²) in [5.41, 5.74) is 0.951. The minimum Gasteiger partial charge on any atom is -0.395 e. The summed E-state index contributed by atoms with van der Waals surface area (Å²) in [6, 6.07) is 21.8. The molecule has 2 amide bonds. The number of rotatable bonds is 9. The number of fused-ring (bicyclic) bond motifs is 2. The van der Waals surface area contributed by atoms with Crippen LogP contribution in [-0.2, 0) is 21.7 Å². The van der Waals surface area contributed by atoms with Gasteiger partial charge in [0.15, 0.2) is 5.60 Å². The van der Waals surface area contributed by atoms with Crippen LogP contribution in [-0.4, -0.2) is 56.9 Å². The highest BCUT2D eigenvalue weighted by Crippen LogP contribution is 2.45. The number of aromatic amines is 1. The van der Waals surface area contributed by atoms with E-state index in [0.29, 0.717) is 34.4 Å². The van der Waals surface area contributed by atoms with Crippen molar-refractivity contribution in [2.45, 2.75) is 25.5 Å². The van der Waals surface area contributed by atoms with Crippen LogP contribution in [0.3, 0.4) is 0 Å². The number of anilines is 1. The molecule has 9 heteroatoms. The molecule has 2 heterocycles. The van der Waals surface area contributed by atoms with E-state index in [2.05, 4.69) is 5.10 Å². The molecule has 0 radical (unpaired) electrons. The highest BCUT2D eigenvalue weighted by Gasteiger charge is 2.51. The third kappa shape index (κ3) is 4.74. The number of aliphatic hydroxyl groups excluding tert-OH is 1. The van der Waals surface area contributed by atoms with Gasteiger partial charge in [-0.1, -0.05) is 61.5 Å². The number of para-hydroxylation sites is 1. The minimum absolute atomic E-state index is 0.0502. The molecule has 4 aromatic rings. The van der Waals surface area contributed by atoms with E-state index in [9.17, 15) is 24.6 Å². The van der Waals surface area contributed by atoms with Crippen molar-refractivity contribution in [3.63, 3.8) is 0 Å². The van der Waals surface area contributed by atoms with Crippen LogP contribution in [0.4, 0.5) is 5.69 Å². The Morgan fingerprint density at radius 3 is 2.52 bits per heavy atom. The summed E-state index contributed by atoms with van der Waals surface area (Å²) in [4.78, 5) is 42.3. The molecule has 0 saturated heterocycles. The lowest BCUT2D eigenvalue weighted by Gasteiger charge is -2.27. The summed E-state index contributed by atoms with van der Waals surface area (Å²) in [6.07, 6.45) is 3.37. The Morgan fingerprint density at radius 2 is 1.80 bits per heavy atom. The number of carbonyl (C=O) groups excluding carboxylic acids is 2. The van der Waals surface area contributed by atoms with Gasteiger partial charge < -0.3 is 20.0 Å². The van der Waals surface area contributed by atoms with Crippen molar-refractivity contribution in [2.75, 3.05) is 25.1 Å². The highest BCUT2D eigenvalue weighted by atomic mass is 16.3. The largest absolute Gasteiger partial charge is 0.395 e. The van der Waals surface area contributed by atoms with Crippen LogP contribution in [0.5, 0.6) is 0 Å². The molecule has 40 heavy (non-hydrogen) atoms. The fraction of sp³-hybridized carbons (Fsp3) is 0.258. The molecule has 0 bridgehead atoms. The van der Waals surface area contributed by atoms with Crippen molar-refractivity contribution in [3.8, 4) is 5.69 Å². The fourth-order valence-corrected chi connectivity index (χ4v) is 5.28. The number of hydrogen-bond acceptors (Lipinski definition) is 5. The summed E-state index contributed by atoms with van der Waals surface area (Å²) >= 11 is 0. The van der Waals surface area contributed by atoms with Crippen molar-refractivity contribution in [1.82, 2.24) is 14.7 Å². The summed E-state index contributed by atoms with van der Waals surface area (Å²) in [5.74, 6) is -1.34. The van der Waals surface area contributed by atoms with Gasteiger partial charge in [-0.3, -0.25) is 19.5 Å². The zero-order valence-corrected chi connectivity index (χ0v) is 22.4. The van der Waals surface area contributed by atoms with Gasteiger partial charge in [0.25, 0.3) is 11.5 Å². The van der Waals surface area contributed by atoms with Crippen molar-refractivity contribution in [2.24, 2.45) is 5.92 Å². The first-order valence-corrected chi connectivity index (χ1v) is 13.2. The number of amides is 2. The number of aliphatic hydroxyl groups is 2. The summed E-state index contributed by atoms with van der Waals surface area (Å²) in [7, 11) is 1.60. The van der Waals surface area contributed by atoms with Crippen LogP contribution in [0.1, 0.15) is 24.5 Å². The number of H-pyrrole nitrogens is 1. The van der Waals surface area contributed by atoms with Crippen LogP contribution in [0, 0.1) is 5.92 Å². The molecule has 0 fully saturated rings. The number of aromatic nitrogens is 2. The molecule has 0 unspecified atom stereocenters. The molecule has 9 nitrogen and oxygen atoms in total. The molecule has 1 aromatic heterocycles. The van der Waals surface area contributed by atoms with E-state index in [1.807, 2.05) is 42.5 Å². The van der Waals surface area contributed by atoms with Gasteiger partial charge in [-0.2, -0.15) is 0 Å². The quantitative estimate of drug-likeness (QED) is 0.282. The molecule has 3 N–H and O–H groups in total. The lowest BCUT2D eigenvalue weighted by atomic mass is 9.82. The van der Waals surface area contributed by atoms with Crippen LogP contribution < -0.4 is 10.5 Å². The zero-order valence-electron chi connectivity index (χ0n) is 22.4. The Balaban J connectivity index is 1.39. The van der Waals surface area contributed by atoms with Crippen LogP contribution in [0.2, 0.25) is 0 Å². The predicted molar refractivity (Wildman–Crippen MR) is 153 cm³/mol. The predicted octanol–water partition coefficient (Wildman–Crippen LogP) is 3.09. The second-order valence-electron chi connectivity index (χ2n) is 10.1. The Hall–Kier alpha value is -4.47. The molecule has 1 aliphatic rings. The molecule has 206 valence electrons. The summed E-state index contributed by atoms with van der Waals surface area (Å²) < 4.78 is 1.40. The Bertz CT molecular complexity index is 1640. The SMILES string of the molecule is C[C@H](/C=C/CC(=O)N(CCO)Cc1ccccc1)[C@@]1(O)C(=O)N(C)c2ccc(-n3[nH]c4ccccc4c3=O)cc21. The topological polar surface area (TPSA) is 119 Å². The third-order valence-electron chi connectivity index (χ3n) is 7.55. The van der Waals surface area contributed by atoms with Gasteiger partial charge in [0.2, 0.25) is 5.91 Å². The molecule has 0 saturated carbocycles. The van der Waals surface area contributed by atoms with E-state index in [-0.39, 0.29) is 31.0 Å². The van der Waals surface area contributed by atoms with E-state index in [4.69, 9.17) is 0 Å². The first kappa shape index (κ1) is 27.1. The van der Waals surface area contributed by atoms with Gasteiger partial charge in [0, 0.05) is 38.0 Å². The Morgan fingerprint density at radius 1 is 1.07 bits per heavy atom. The second kappa shape index (κ2) is 11.0. The van der Waals surface area contributed by atoms with E-state index < -0.39 is 17.4 Å². The first-order valence-electron chi connectivity index (χ1n) is 13.2. The standard InChI is InChI=1S/C31H32N4O5/c1-21(9-8-14-28(37)34(17-18-36)20-22-10-4-3-5-11-22)31(40)25-19-23(15-16-27(25)33(2)30(31)39)35-29(38)24-12-6-7-13-26(24)32-35/h3-13,15-16,19,21,32,36,40H,14,17-18,20H2,1-2H3/b9-8+/t21-,31+/m1/s1. The van der Waals surface area contributed by atoms with Gasteiger partial charge in [0.1, 0.15) is 0 Å². The van der Waals surface area contributed by atoms with E-state index in [1.165, 1.54) is 9.58 Å². The smallest absolute Gasteiger partial charge is 0.279 e. The molecule has 5 rings (SSSR count). The lowest BCUT2D eigenvalue weighted by molar-refractivity contribution is -0.139. The lowest BCUT2D eigenvalue weighted by Crippen LogP contribution is -2.43. The third-order valence-corrected chi connectivity index (χ3v) is 7.55. The molecular weight excluding hydrogens is 508 g/mol. The molecule has 3 aromatic carbocycles. The number of nitrogens with one attached hydrogen (secondary N) is 1. The van der Waals surface area contributed by atoms with E-state index in [0.717, 1.165) is 5.56 Å². The van der Waals surface area contributed by atoms with Crippen LogP contribution in [0.15, 0.2) is 89.7 Å². The molecular formula is C31H32N4O5. The Labute approximate surface area is 231 Å². The van der Waals surface area contributed by atoms with Gasteiger partial charge in [-0.15, -0.1) is 0 Å². The fourth-order valence-electron chi connectivity index (χ4n) is 5.28. The maximum Gasteiger partial charge on any atom is 0.279 e. The zero-order chi connectivity index (χ0) is 28.4. The number of hydrogen-bond donors (Lipinski definition) is 3. The van der Waals surface area contributed by atoms with Crippen LogP contribution in [0.25, 0.3) is 16.6 Å². The van der Waals surface area contributed by atoms with E-state index >= 15 is 0 Å². The molecule has 0 aliphatic carbocycles.